The fourth-order valence-electron chi connectivity index (χ4n) is 4.33. The van der Waals surface area contributed by atoms with Crippen LogP contribution in [0.15, 0.2) is 48.8 Å². The second-order valence-electron chi connectivity index (χ2n) is 7.76. The normalized spacial score (nSPS) is 15.7. The highest BCUT2D eigenvalue weighted by Crippen LogP contribution is 2.42. The number of ether oxygens (including phenoxy) is 2. The van der Waals surface area contributed by atoms with E-state index < -0.39 is 0 Å². The van der Waals surface area contributed by atoms with E-state index in [1.807, 2.05) is 36.4 Å². The van der Waals surface area contributed by atoms with Gasteiger partial charge in [-0.25, -0.2) is 4.98 Å². The van der Waals surface area contributed by atoms with Crippen LogP contribution in [-0.2, 0) is 0 Å². The van der Waals surface area contributed by atoms with Crippen LogP contribution in [0.25, 0.3) is 4.96 Å². The molecule has 3 heterocycles. The van der Waals surface area contributed by atoms with Gasteiger partial charge in [-0.05, 0) is 35.9 Å². The molecule has 2 aromatic carbocycles. The molecular formula is C23H24ClN5O3S. The van der Waals surface area contributed by atoms with Crippen molar-refractivity contribution >= 4 is 33.6 Å². The monoisotopic (exact) mass is 485 g/mol. The Bertz CT molecular complexity index is 1270. The highest BCUT2D eigenvalue weighted by molar-refractivity contribution is 7.17. The van der Waals surface area contributed by atoms with Gasteiger partial charge in [0, 0.05) is 36.9 Å². The van der Waals surface area contributed by atoms with E-state index in [9.17, 15) is 5.11 Å². The number of anilines is 1. The van der Waals surface area contributed by atoms with Crippen LogP contribution in [0.2, 0.25) is 5.02 Å². The number of fused-ring (bicyclic) bond motifs is 1. The maximum absolute atomic E-state index is 11.0. The molecule has 10 heteroatoms. The van der Waals surface area contributed by atoms with E-state index in [1.165, 1.54) is 22.2 Å². The second kappa shape index (κ2) is 9.09. The first-order valence-corrected chi connectivity index (χ1v) is 11.8. The number of rotatable bonds is 6. The zero-order valence-corrected chi connectivity index (χ0v) is 19.9. The third-order valence-electron chi connectivity index (χ3n) is 5.96. The van der Waals surface area contributed by atoms with E-state index in [2.05, 4.69) is 25.9 Å². The molecule has 0 amide bonds. The van der Waals surface area contributed by atoms with Crippen LogP contribution in [0.4, 0.5) is 5.69 Å². The number of halogens is 1. The Kier molecular flexibility index (Phi) is 6.01. The minimum Gasteiger partial charge on any atom is -0.493 e. The summed E-state index contributed by atoms with van der Waals surface area (Å²) >= 11 is 7.65. The quantitative estimate of drug-likeness (QED) is 0.441. The van der Waals surface area contributed by atoms with Gasteiger partial charge in [-0.1, -0.05) is 35.1 Å². The first kappa shape index (κ1) is 21.8. The topological polar surface area (TPSA) is 75.4 Å². The van der Waals surface area contributed by atoms with Crippen LogP contribution in [0.5, 0.6) is 17.4 Å². The van der Waals surface area contributed by atoms with Crippen molar-refractivity contribution in [3.05, 3.63) is 64.3 Å². The van der Waals surface area contributed by atoms with Gasteiger partial charge < -0.3 is 19.5 Å². The fraction of sp³-hybridized carbons (Fsp3) is 0.304. The van der Waals surface area contributed by atoms with Gasteiger partial charge in [-0.3, -0.25) is 4.90 Å². The Morgan fingerprint density at radius 1 is 1.03 bits per heavy atom. The van der Waals surface area contributed by atoms with Crippen molar-refractivity contribution in [2.24, 2.45) is 0 Å². The van der Waals surface area contributed by atoms with E-state index >= 15 is 0 Å². The lowest BCUT2D eigenvalue weighted by atomic mass is 10.0. The maximum Gasteiger partial charge on any atom is 0.230 e. The molecule has 1 N–H and O–H groups in total. The van der Waals surface area contributed by atoms with Gasteiger partial charge in [-0.2, -0.15) is 9.61 Å². The van der Waals surface area contributed by atoms with Crippen molar-refractivity contribution in [3.63, 3.8) is 0 Å². The lowest BCUT2D eigenvalue weighted by Crippen LogP contribution is -2.47. The van der Waals surface area contributed by atoms with Crippen molar-refractivity contribution in [3.8, 4) is 17.4 Å². The van der Waals surface area contributed by atoms with E-state index in [0.717, 1.165) is 47.3 Å². The zero-order chi connectivity index (χ0) is 22.9. The lowest BCUT2D eigenvalue weighted by molar-refractivity contribution is 0.210. The fourth-order valence-corrected chi connectivity index (χ4v) is 5.61. The summed E-state index contributed by atoms with van der Waals surface area (Å²) in [7, 11) is 3.25. The molecule has 0 aliphatic carbocycles. The molecular weight excluding hydrogens is 462 g/mol. The highest BCUT2D eigenvalue weighted by Gasteiger charge is 2.32. The molecule has 5 rings (SSSR count). The first-order chi connectivity index (χ1) is 16.1. The molecule has 0 bridgehead atoms. The highest BCUT2D eigenvalue weighted by atomic mass is 35.5. The largest absolute Gasteiger partial charge is 0.493 e. The van der Waals surface area contributed by atoms with Gasteiger partial charge in [0.25, 0.3) is 0 Å². The Hall–Kier alpha value is -3.01. The molecule has 8 nitrogen and oxygen atoms in total. The summed E-state index contributed by atoms with van der Waals surface area (Å²) in [5.74, 6) is 1.43. The van der Waals surface area contributed by atoms with Crippen molar-refractivity contribution < 1.29 is 14.6 Å². The minimum atomic E-state index is -0.181. The smallest absolute Gasteiger partial charge is 0.230 e. The van der Waals surface area contributed by atoms with E-state index in [-0.39, 0.29) is 11.9 Å². The standard InChI is InChI=1S/C23H24ClN5O3S/c1-31-18-7-6-15(12-19(18)32-2)20(21-22(30)29-23(33-21)25-14-26-29)28-10-8-27(9-11-28)17-5-3-4-16(24)13-17/h3-7,12-14,20,30H,8-11H2,1-2H3/t20-/m1/s1. The van der Waals surface area contributed by atoms with E-state index in [0.29, 0.717) is 16.5 Å². The molecule has 1 atom stereocenters. The molecule has 1 saturated heterocycles. The van der Waals surface area contributed by atoms with Gasteiger partial charge in [0.15, 0.2) is 11.5 Å². The average Bonchev–Trinajstić information content (AvgIpc) is 3.43. The lowest BCUT2D eigenvalue weighted by Gasteiger charge is -2.40. The molecule has 4 aromatic rings. The number of nitrogens with zero attached hydrogens (tertiary/aromatic N) is 5. The van der Waals surface area contributed by atoms with Crippen molar-refractivity contribution in [1.29, 1.82) is 0 Å². The molecule has 1 aliphatic heterocycles. The molecule has 2 aromatic heterocycles. The Balaban J connectivity index is 1.50. The number of hydrogen-bond acceptors (Lipinski definition) is 8. The predicted octanol–water partition coefficient (Wildman–Crippen LogP) is 4.08. The number of methoxy groups -OCH3 is 2. The van der Waals surface area contributed by atoms with E-state index in [1.54, 1.807) is 14.2 Å². The predicted molar refractivity (Wildman–Crippen MR) is 129 cm³/mol. The number of hydrogen-bond donors (Lipinski definition) is 1. The average molecular weight is 486 g/mol. The maximum atomic E-state index is 11.0. The summed E-state index contributed by atoms with van der Waals surface area (Å²) in [5.41, 5.74) is 2.12. The van der Waals surface area contributed by atoms with Gasteiger partial charge in [0.2, 0.25) is 10.8 Å². The van der Waals surface area contributed by atoms with E-state index in [4.69, 9.17) is 21.1 Å². The summed E-state index contributed by atoms with van der Waals surface area (Å²) < 4.78 is 12.5. The van der Waals surface area contributed by atoms with Crippen molar-refractivity contribution in [2.45, 2.75) is 6.04 Å². The molecule has 0 radical (unpaired) electrons. The van der Waals surface area contributed by atoms with Crippen LogP contribution in [0, 0.1) is 0 Å². The molecule has 0 spiro atoms. The third-order valence-corrected chi connectivity index (χ3v) is 7.28. The van der Waals surface area contributed by atoms with Crippen molar-refractivity contribution in [1.82, 2.24) is 19.5 Å². The van der Waals surface area contributed by atoms with Gasteiger partial charge >= 0.3 is 0 Å². The number of aromatic nitrogens is 3. The van der Waals surface area contributed by atoms with Crippen molar-refractivity contribution in [2.75, 3.05) is 45.3 Å². The summed E-state index contributed by atoms with van der Waals surface area (Å²) in [4.78, 5) is 10.4. The van der Waals surface area contributed by atoms with Gasteiger partial charge in [-0.15, -0.1) is 0 Å². The van der Waals surface area contributed by atoms with Crippen LogP contribution >= 0.6 is 22.9 Å². The summed E-state index contributed by atoms with van der Waals surface area (Å²) in [6.07, 6.45) is 1.45. The van der Waals surface area contributed by atoms with Crippen LogP contribution in [0.3, 0.4) is 0 Å². The Labute approximate surface area is 200 Å². The molecule has 172 valence electrons. The Morgan fingerprint density at radius 2 is 1.82 bits per heavy atom. The molecule has 0 unspecified atom stereocenters. The number of aromatic hydroxyl groups is 1. The number of thiazole rings is 1. The molecule has 0 saturated carbocycles. The second-order valence-corrected chi connectivity index (χ2v) is 9.21. The SMILES string of the molecule is COc1ccc([C@H](c2sc3ncnn3c2O)N2CCN(c3cccc(Cl)c3)CC2)cc1OC. The molecule has 33 heavy (non-hydrogen) atoms. The molecule has 1 fully saturated rings. The van der Waals surface area contributed by atoms with Gasteiger partial charge in [0.05, 0.1) is 25.1 Å². The van der Waals surface area contributed by atoms with Crippen LogP contribution in [-0.4, -0.2) is 65.0 Å². The summed E-state index contributed by atoms with van der Waals surface area (Å²) in [5, 5.41) is 15.9. The zero-order valence-electron chi connectivity index (χ0n) is 18.3. The molecule has 1 aliphatic rings. The van der Waals surface area contributed by atoms with Crippen LogP contribution < -0.4 is 14.4 Å². The van der Waals surface area contributed by atoms with Gasteiger partial charge in [0.1, 0.15) is 6.33 Å². The third kappa shape index (κ3) is 4.07. The Morgan fingerprint density at radius 3 is 2.52 bits per heavy atom. The first-order valence-electron chi connectivity index (χ1n) is 10.6. The summed E-state index contributed by atoms with van der Waals surface area (Å²) in [6, 6.07) is 13.7. The minimum absolute atomic E-state index is 0.115. The number of piperazine rings is 1. The number of benzene rings is 2. The van der Waals surface area contributed by atoms with Crippen LogP contribution in [0.1, 0.15) is 16.5 Å². The summed E-state index contributed by atoms with van der Waals surface area (Å²) in [6.45, 7) is 3.29.